The summed E-state index contributed by atoms with van der Waals surface area (Å²) < 4.78 is 54.9. The highest BCUT2D eigenvalue weighted by Gasteiger charge is 2.34. The number of fused-ring (bicyclic) bond motifs is 1. The lowest BCUT2D eigenvalue weighted by Crippen LogP contribution is -2.07. The largest absolute Gasteiger partial charge is 0.417 e. The highest BCUT2D eigenvalue weighted by atomic mass is 32.1. The van der Waals surface area contributed by atoms with Gasteiger partial charge in [0.05, 0.1) is 5.56 Å². The van der Waals surface area contributed by atoms with E-state index in [1.807, 2.05) is 0 Å². The first-order valence-corrected chi connectivity index (χ1v) is 8.36. The van der Waals surface area contributed by atoms with Crippen molar-refractivity contribution in [1.29, 1.82) is 0 Å². The average Bonchev–Trinajstić information content (AvgIpc) is 3.18. The Labute approximate surface area is 148 Å². The lowest BCUT2D eigenvalue weighted by molar-refractivity contribution is -0.137. The summed E-state index contributed by atoms with van der Waals surface area (Å²) in [4.78, 5) is 0.350. The third-order valence-electron chi connectivity index (χ3n) is 3.82. The average molecular weight is 378 g/mol. The van der Waals surface area contributed by atoms with Gasteiger partial charge in [0.2, 0.25) is 4.96 Å². The first-order chi connectivity index (χ1) is 12.4. The van der Waals surface area contributed by atoms with E-state index in [0.29, 0.717) is 16.3 Å². The van der Waals surface area contributed by atoms with Crippen LogP contribution in [-0.2, 0) is 12.6 Å². The minimum atomic E-state index is -4.49. The predicted octanol–water partition coefficient (Wildman–Crippen LogP) is 4.60. The lowest BCUT2D eigenvalue weighted by Gasteiger charge is -2.10. The summed E-state index contributed by atoms with van der Waals surface area (Å²) in [7, 11) is 0. The number of rotatable bonds is 3. The Hall–Kier alpha value is -2.81. The third kappa shape index (κ3) is 2.94. The number of hydrogen-bond donors (Lipinski definition) is 0. The zero-order valence-electron chi connectivity index (χ0n) is 13.0. The fraction of sp³-hybridized carbons (Fsp3) is 0.118. The molecule has 0 amide bonds. The molecule has 0 aliphatic rings. The first-order valence-electron chi connectivity index (χ1n) is 7.54. The molecule has 132 valence electrons. The van der Waals surface area contributed by atoms with Crippen molar-refractivity contribution >= 4 is 16.3 Å². The van der Waals surface area contributed by atoms with Gasteiger partial charge in [-0.2, -0.15) is 22.8 Å². The number of benzene rings is 2. The van der Waals surface area contributed by atoms with E-state index in [2.05, 4.69) is 15.3 Å². The number of hydrogen-bond acceptors (Lipinski definition) is 4. The molecule has 4 rings (SSSR count). The molecule has 0 N–H and O–H groups in total. The highest BCUT2D eigenvalue weighted by molar-refractivity contribution is 7.19. The minimum Gasteiger partial charge on any atom is -0.207 e. The van der Waals surface area contributed by atoms with Gasteiger partial charge in [-0.3, -0.25) is 0 Å². The van der Waals surface area contributed by atoms with Crippen molar-refractivity contribution in [3.63, 3.8) is 0 Å². The fourth-order valence-corrected chi connectivity index (χ4v) is 3.50. The molecule has 0 radical (unpaired) electrons. The second-order valence-electron chi connectivity index (χ2n) is 5.53. The van der Waals surface area contributed by atoms with Crippen LogP contribution in [0.2, 0.25) is 0 Å². The summed E-state index contributed by atoms with van der Waals surface area (Å²) in [6, 6.07) is 11.4. The van der Waals surface area contributed by atoms with E-state index in [4.69, 9.17) is 0 Å². The second kappa shape index (κ2) is 6.17. The third-order valence-corrected chi connectivity index (χ3v) is 4.76. The molecule has 2 heterocycles. The minimum absolute atomic E-state index is 0.0210. The smallest absolute Gasteiger partial charge is 0.207 e. The van der Waals surface area contributed by atoms with Crippen LogP contribution in [0.5, 0.6) is 0 Å². The number of halogens is 4. The van der Waals surface area contributed by atoms with Crippen molar-refractivity contribution < 1.29 is 17.6 Å². The Morgan fingerprint density at radius 2 is 1.69 bits per heavy atom. The van der Waals surface area contributed by atoms with Crippen LogP contribution in [0.25, 0.3) is 15.5 Å². The first kappa shape index (κ1) is 16.6. The Morgan fingerprint density at radius 1 is 0.962 bits per heavy atom. The van der Waals surface area contributed by atoms with Crippen LogP contribution in [0.1, 0.15) is 17.0 Å². The molecule has 0 fully saturated rings. The molecule has 4 nitrogen and oxygen atoms in total. The van der Waals surface area contributed by atoms with E-state index in [0.717, 1.165) is 17.4 Å². The standard InChI is InChI=1S/C17H10F4N4S/c18-13-8-4-1-5-10(13)9-14-22-23-16-25(14)24-15(26-16)11-6-2-3-7-12(11)17(19,20)21/h1-8H,9H2. The lowest BCUT2D eigenvalue weighted by atomic mass is 10.1. The summed E-state index contributed by atoms with van der Waals surface area (Å²) in [6.07, 6.45) is -4.35. The number of nitrogens with zero attached hydrogens (tertiary/aromatic N) is 4. The van der Waals surface area contributed by atoms with Gasteiger partial charge in [0.25, 0.3) is 0 Å². The molecular weight excluding hydrogens is 368 g/mol. The highest BCUT2D eigenvalue weighted by Crippen LogP contribution is 2.38. The van der Waals surface area contributed by atoms with Crippen LogP contribution in [-0.4, -0.2) is 19.8 Å². The summed E-state index contributed by atoms with van der Waals surface area (Å²) in [5, 5.41) is 12.3. The molecule has 0 bridgehead atoms. The van der Waals surface area contributed by atoms with E-state index in [-0.39, 0.29) is 22.8 Å². The van der Waals surface area contributed by atoms with Gasteiger partial charge in [-0.25, -0.2) is 4.39 Å². The van der Waals surface area contributed by atoms with Crippen molar-refractivity contribution in [2.24, 2.45) is 0 Å². The quantitative estimate of drug-likeness (QED) is 0.489. The predicted molar refractivity (Wildman–Crippen MR) is 88.3 cm³/mol. The van der Waals surface area contributed by atoms with E-state index in [1.54, 1.807) is 18.2 Å². The summed E-state index contributed by atoms with van der Waals surface area (Å²) >= 11 is 1.00. The molecule has 0 atom stereocenters. The Balaban J connectivity index is 1.77. The molecule has 4 aromatic rings. The monoisotopic (exact) mass is 378 g/mol. The summed E-state index contributed by atoms with van der Waals surface area (Å²) in [5.74, 6) is -0.0285. The van der Waals surface area contributed by atoms with Gasteiger partial charge < -0.3 is 0 Å². The summed E-state index contributed by atoms with van der Waals surface area (Å²) in [5.41, 5.74) is -0.375. The van der Waals surface area contributed by atoms with Crippen molar-refractivity contribution in [3.05, 3.63) is 71.3 Å². The van der Waals surface area contributed by atoms with Crippen molar-refractivity contribution in [3.8, 4) is 10.6 Å². The van der Waals surface area contributed by atoms with Gasteiger partial charge in [0, 0.05) is 12.0 Å². The van der Waals surface area contributed by atoms with Crippen molar-refractivity contribution in [2.45, 2.75) is 12.6 Å². The normalized spacial score (nSPS) is 12.0. The van der Waals surface area contributed by atoms with E-state index >= 15 is 0 Å². The molecule has 26 heavy (non-hydrogen) atoms. The molecule has 2 aromatic heterocycles. The van der Waals surface area contributed by atoms with E-state index < -0.39 is 11.7 Å². The number of alkyl halides is 3. The SMILES string of the molecule is Fc1ccccc1Cc1nnc2sc(-c3ccccc3C(F)(F)F)nn12. The molecule has 0 unspecified atom stereocenters. The zero-order chi connectivity index (χ0) is 18.3. The van der Waals surface area contributed by atoms with Crippen molar-refractivity contribution in [1.82, 2.24) is 19.8 Å². The van der Waals surface area contributed by atoms with Crippen LogP contribution in [0.4, 0.5) is 17.6 Å². The van der Waals surface area contributed by atoms with Gasteiger partial charge in [-0.05, 0) is 17.7 Å². The molecule has 9 heteroatoms. The molecule has 0 aliphatic carbocycles. The summed E-state index contributed by atoms with van der Waals surface area (Å²) in [6.45, 7) is 0. The molecule has 0 aliphatic heterocycles. The van der Waals surface area contributed by atoms with Crippen molar-refractivity contribution in [2.75, 3.05) is 0 Å². The van der Waals surface area contributed by atoms with Gasteiger partial charge >= 0.3 is 6.18 Å². The fourth-order valence-electron chi connectivity index (χ4n) is 2.61. The van der Waals surface area contributed by atoms with E-state index in [1.165, 1.54) is 28.8 Å². The molecule has 2 aromatic carbocycles. The maximum atomic E-state index is 13.8. The van der Waals surface area contributed by atoms with Gasteiger partial charge in [0.1, 0.15) is 10.8 Å². The molecular formula is C17H10F4N4S. The molecule has 0 saturated carbocycles. The van der Waals surface area contributed by atoms with Gasteiger partial charge in [0.15, 0.2) is 5.82 Å². The van der Waals surface area contributed by atoms with Crippen LogP contribution in [0.3, 0.4) is 0 Å². The Morgan fingerprint density at radius 3 is 2.46 bits per heavy atom. The topological polar surface area (TPSA) is 43.1 Å². The van der Waals surface area contributed by atoms with Gasteiger partial charge in [-0.1, -0.05) is 47.7 Å². The maximum absolute atomic E-state index is 13.8. The maximum Gasteiger partial charge on any atom is 0.417 e. The second-order valence-corrected chi connectivity index (χ2v) is 6.49. The van der Waals surface area contributed by atoms with E-state index in [9.17, 15) is 17.6 Å². The Bertz CT molecular complexity index is 1080. The molecule has 0 spiro atoms. The van der Waals surface area contributed by atoms with Crippen LogP contribution >= 0.6 is 11.3 Å². The van der Waals surface area contributed by atoms with Crippen LogP contribution in [0, 0.1) is 5.82 Å². The van der Waals surface area contributed by atoms with Gasteiger partial charge in [-0.15, -0.1) is 10.2 Å². The molecule has 0 saturated heterocycles. The van der Waals surface area contributed by atoms with Crippen LogP contribution in [0.15, 0.2) is 48.5 Å². The Kier molecular flexibility index (Phi) is 3.95. The zero-order valence-corrected chi connectivity index (χ0v) is 13.9. The van der Waals surface area contributed by atoms with Crippen LogP contribution < -0.4 is 0 Å². The number of aromatic nitrogens is 4.